The molecule has 0 spiro atoms. The van der Waals surface area contributed by atoms with E-state index in [-0.39, 0.29) is 24.4 Å². The zero-order valence-corrected chi connectivity index (χ0v) is 16.5. The summed E-state index contributed by atoms with van der Waals surface area (Å²) in [6, 6.07) is 12.4. The molecule has 1 aromatic heterocycles. The molecule has 1 heterocycles. The molecular formula is C20H22ClF2N5. The van der Waals surface area contributed by atoms with Gasteiger partial charge in [-0.3, -0.25) is 0 Å². The van der Waals surface area contributed by atoms with Crippen LogP contribution in [0.15, 0.2) is 48.7 Å². The Kier molecular flexibility index (Phi) is 5.96. The van der Waals surface area contributed by atoms with Crippen LogP contribution in [-0.2, 0) is 6.54 Å². The minimum absolute atomic E-state index is 0. The van der Waals surface area contributed by atoms with Crippen LogP contribution in [0.4, 0.5) is 14.5 Å². The molecule has 4 rings (SSSR count). The van der Waals surface area contributed by atoms with Crippen molar-refractivity contribution in [3.05, 3.63) is 71.6 Å². The highest BCUT2D eigenvalue weighted by atomic mass is 35.5. The zero-order chi connectivity index (χ0) is 19.0. The second-order valence-corrected chi connectivity index (χ2v) is 7.07. The fourth-order valence-corrected chi connectivity index (χ4v) is 3.19. The molecule has 2 aromatic carbocycles. The maximum atomic E-state index is 13.4. The van der Waals surface area contributed by atoms with Gasteiger partial charge in [-0.2, -0.15) is 0 Å². The minimum atomic E-state index is -0.807. The van der Waals surface area contributed by atoms with Gasteiger partial charge in [-0.25, -0.2) is 13.5 Å². The van der Waals surface area contributed by atoms with Crippen molar-refractivity contribution >= 4 is 18.1 Å². The van der Waals surface area contributed by atoms with E-state index in [1.807, 2.05) is 49.5 Å². The topological polar surface area (TPSA) is 46.0 Å². The third kappa shape index (κ3) is 4.31. The van der Waals surface area contributed by atoms with E-state index in [2.05, 4.69) is 15.6 Å². The number of hydrogen-bond donors (Lipinski definition) is 1. The highest BCUT2D eigenvalue weighted by molar-refractivity contribution is 5.85. The molecule has 5 nitrogen and oxygen atoms in total. The number of rotatable bonds is 6. The number of nitrogens with one attached hydrogen (secondary N) is 1. The molecule has 1 N–H and O–H groups in total. The second kappa shape index (κ2) is 8.24. The molecule has 148 valence electrons. The molecule has 3 aromatic rings. The van der Waals surface area contributed by atoms with Crippen molar-refractivity contribution in [1.29, 1.82) is 0 Å². The molecule has 1 aliphatic carbocycles. The normalized spacial score (nSPS) is 17.9. The Hall–Kier alpha value is -2.51. The Balaban J connectivity index is 0.00000225. The summed E-state index contributed by atoms with van der Waals surface area (Å²) in [7, 11) is 3.99. The van der Waals surface area contributed by atoms with Crippen LogP contribution in [0.1, 0.15) is 23.6 Å². The van der Waals surface area contributed by atoms with Crippen LogP contribution < -0.4 is 10.2 Å². The number of benzene rings is 2. The summed E-state index contributed by atoms with van der Waals surface area (Å²) in [6.45, 7) is 0.582. The van der Waals surface area contributed by atoms with E-state index < -0.39 is 11.6 Å². The largest absolute Gasteiger partial charge is 0.378 e. The van der Waals surface area contributed by atoms with Gasteiger partial charge in [-0.1, -0.05) is 17.3 Å². The van der Waals surface area contributed by atoms with E-state index in [1.54, 1.807) is 10.7 Å². The highest BCUT2D eigenvalue weighted by Gasteiger charge is 2.38. The summed E-state index contributed by atoms with van der Waals surface area (Å²) in [5.74, 6) is -1.38. The second-order valence-electron chi connectivity index (χ2n) is 7.07. The van der Waals surface area contributed by atoms with Crippen molar-refractivity contribution in [1.82, 2.24) is 20.3 Å². The van der Waals surface area contributed by atoms with Crippen LogP contribution >= 0.6 is 12.4 Å². The Morgan fingerprint density at radius 3 is 2.71 bits per heavy atom. The van der Waals surface area contributed by atoms with Gasteiger partial charge < -0.3 is 10.2 Å². The van der Waals surface area contributed by atoms with Crippen molar-refractivity contribution in [2.24, 2.45) is 0 Å². The van der Waals surface area contributed by atoms with Crippen molar-refractivity contribution in [2.75, 3.05) is 19.0 Å². The first-order valence-corrected chi connectivity index (χ1v) is 8.88. The fourth-order valence-electron chi connectivity index (χ4n) is 3.19. The molecular weight excluding hydrogens is 384 g/mol. The van der Waals surface area contributed by atoms with Gasteiger partial charge in [0.05, 0.1) is 17.6 Å². The highest BCUT2D eigenvalue weighted by Crippen LogP contribution is 2.41. The van der Waals surface area contributed by atoms with E-state index in [0.717, 1.165) is 29.1 Å². The first-order chi connectivity index (χ1) is 13.0. The van der Waals surface area contributed by atoms with Crippen LogP contribution in [0.2, 0.25) is 0 Å². The van der Waals surface area contributed by atoms with Gasteiger partial charge in [-0.05, 0) is 42.3 Å². The Bertz CT molecular complexity index is 959. The molecule has 1 saturated carbocycles. The standard InChI is InChI=1S/C20H21F2N5.ClH/c1-26(2)15-4-3-5-16(9-15)27-12-14(24-25-27)11-23-20-10-17(20)13-6-7-18(21)19(22)8-13;/h3-9,12,17,20,23H,10-11H2,1-2H3;1H/t17-,20+;/m0./s1. The van der Waals surface area contributed by atoms with Crippen LogP contribution in [-0.4, -0.2) is 35.1 Å². The lowest BCUT2D eigenvalue weighted by Crippen LogP contribution is -2.17. The van der Waals surface area contributed by atoms with Crippen LogP contribution in [0.3, 0.4) is 0 Å². The minimum Gasteiger partial charge on any atom is -0.378 e. The average Bonchev–Trinajstić information content (AvgIpc) is 3.29. The van der Waals surface area contributed by atoms with E-state index in [0.29, 0.717) is 6.54 Å². The van der Waals surface area contributed by atoms with Crippen molar-refractivity contribution < 1.29 is 8.78 Å². The van der Waals surface area contributed by atoms with Crippen molar-refractivity contribution in [3.63, 3.8) is 0 Å². The lowest BCUT2D eigenvalue weighted by Gasteiger charge is -2.13. The Labute approximate surface area is 168 Å². The van der Waals surface area contributed by atoms with E-state index in [4.69, 9.17) is 0 Å². The quantitative estimate of drug-likeness (QED) is 0.679. The summed E-state index contributed by atoms with van der Waals surface area (Å²) in [6.07, 6.45) is 2.81. The van der Waals surface area contributed by atoms with Gasteiger partial charge >= 0.3 is 0 Å². The molecule has 1 fully saturated rings. The predicted octanol–water partition coefficient (Wildman–Crippen LogP) is 3.68. The SMILES string of the molecule is CN(C)c1cccc(-n2cc(CN[C@@H]3C[C@H]3c3ccc(F)c(F)c3)nn2)c1.Cl. The summed E-state index contributed by atoms with van der Waals surface area (Å²) < 4.78 is 28.2. The number of halogens is 3. The molecule has 0 saturated heterocycles. The number of aromatic nitrogens is 3. The number of anilines is 1. The third-order valence-corrected chi connectivity index (χ3v) is 4.86. The monoisotopic (exact) mass is 405 g/mol. The van der Waals surface area contributed by atoms with E-state index in [1.165, 1.54) is 12.1 Å². The summed E-state index contributed by atoms with van der Waals surface area (Å²) in [5.41, 5.74) is 3.71. The van der Waals surface area contributed by atoms with E-state index in [9.17, 15) is 8.78 Å². The molecule has 0 bridgehead atoms. The molecule has 0 unspecified atom stereocenters. The zero-order valence-electron chi connectivity index (χ0n) is 15.6. The smallest absolute Gasteiger partial charge is 0.159 e. The summed E-state index contributed by atoms with van der Waals surface area (Å²) in [5, 5.41) is 11.8. The number of hydrogen-bond acceptors (Lipinski definition) is 4. The van der Waals surface area contributed by atoms with Gasteiger partial charge in [-0.15, -0.1) is 17.5 Å². The first-order valence-electron chi connectivity index (χ1n) is 8.88. The molecule has 8 heteroatoms. The summed E-state index contributed by atoms with van der Waals surface area (Å²) in [4.78, 5) is 2.04. The maximum absolute atomic E-state index is 13.4. The van der Waals surface area contributed by atoms with Crippen molar-refractivity contribution in [3.8, 4) is 5.69 Å². The maximum Gasteiger partial charge on any atom is 0.159 e. The van der Waals surface area contributed by atoms with Crippen molar-refractivity contribution in [2.45, 2.75) is 24.9 Å². The van der Waals surface area contributed by atoms with Gasteiger partial charge in [0.25, 0.3) is 0 Å². The molecule has 0 aliphatic heterocycles. The van der Waals surface area contributed by atoms with Crippen LogP contribution in [0, 0.1) is 11.6 Å². The molecule has 2 atom stereocenters. The van der Waals surface area contributed by atoms with Gasteiger partial charge in [0.15, 0.2) is 11.6 Å². The molecule has 28 heavy (non-hydrogen) atoms. The average molecular weight is 406 g/mol. The fraction of sp³-hybridized carbons (Fsp3) is 0.300. The number of nitrogens with zero attached hydrogens (tertiary/aromatic N) is 4. The van der Waals surface area contributed by atoms with Crippen LogP contribution in [0.25, 0.3) is 5.69 Å². The van der Waals surface area contributed by atoms with Crippen LogP contribution in [0.5, 0.6) is 0 Å². The van der Waals surface area contributed by atoms with Gasteiger partial charge in [0, 0.05) is 38.3 Å². The van der Waals surface area contributed by atoms with Gasteiger partial charge in [0.1, 0.15) is 0 Å². The Morgan fingerprint density at radius 1 is 1.14 bits per heavy atom. The predicted molar refractivity (Wildman–Crippen MR) is 107 cm³/mol. The first kappa shape index (κ1) is 20.2. The Morgan fingerprint density at radius 2 is 1.96 bits per heavy atom. The third-order valence-electron chi connectivity index (χ3n) is 4.86. The lowest BCUT2D eigenvalue weighted by molar-refractivity contribution is 0.506. The van der Waals surface area contributed by atoms with E-state index >= 15 is 0 Å². The molecule has 0 radical (unpaired) electrons. The molecule has 1 aliphatic rings. The summed E-state index contributed by atoms with van der Waals surface area (Å²) >= 11 is 0. The van der Waals surface area contributed by atoms with Gasteiger partial charge in [0.2, 0.25) is 0 Å². The lowest BCUT2D eigenvalue weighted by atomic mass is 10.1. The molecule has 0 amide bonds.